The first-order chi connectivity index (χ1) is 14.0. The second-order valence-corrected chi connectivity index (χ2v) is 9.19. The third kappa shape index (κ3) is 2.79. The lowest BCUT2D eigenvalue weighted by atomic mass is 10.0. The first kappa shape index (κ1) is 18.1. The van der Waals surface area contributed by atoms with E-state index >= 15 is 0 Å². The number of amides is 1. The van der Waals surface area contributed by atoms with Crippen molar-refractivity contribution in [2.75, 3.05) is 35.5 Å². The summed E-state index contributed by atoms with van der Waals surface area (Å²) in [6.07, 6.45) is 1.16. The summed E-state index contributed by atoms with van der Waals surface area (Å²) in [6.45, 7) is 1.16. The van der Waals surface area contributed by atoms with Crippen LogP contribution in [0.15, 0.2) is 42.5 Å². The Hall–Kier alpha value is -2.94. The maximum atomic E-state index is 12.9. The first-order valence-corrected chi connectivity index (χ1v) is 10.9. The zero-order chi connectivity index (χ0) is 20.2. The third-order valence-corrected chi connectivity index (χ3v) is 7.64. The quantitative estimate of drug-likeness (QED) is 0.752. The Morgan fingerprint density at radius 3 is 2.45 bits per heavy atom. The highest BCUT2D eigenvalue weighted by molar-refractivity contribution is 7.94. The summed E-state index contributed by atoms with van der Waals surface area (Å²) in [6, 6.07) is 12.3. The summed E-state index contributed by atoms with van der Waals surface area (Å²) >= 11 is 0. The fraction of sp³-hybridized carbons (Fsp3) is 0.350. The standard InChI is InChI=1S/C20H21N3O5S/c1-21-16-4-2-3-5-17(16)23(29(21,25)26)15-8-10-22(11-9-15)20(24)14-6-7-18-19(12-14)28-13-27-18/h2-7,12,15H,8-11,13H2,1H3. The molecule has 152 valence electrons. The topological polar surface area (TPSA) is 79.4 Å². The van der Waals surface area contributed by atoms with Gasteiger partial charge in [-0.25, -0.2) is 4.31 Å². The van der Waals surface area contributed by atoms with Crippen LogP contribution in [-0.2, 0) is 10.2 Å². The van der Waals surface area contributed by atoms with Crippen LogP contribution in [0.25, 0.3) is 0 Å². The molecule has 3 aliphatic rings. The van der Waals surface area contributed by atoms with E-state index < -0.39 is 10.2 Å². The van der Waals surface area contributed by atoms with E-state index in [9.17, 15) is 13.2 Å². The third-order valence-electron chi connectivity index (χ3n) is 5.76. The van der Waals surface area contributed by atoms with Crippen LogP contribution >= 0.6 is 0 Å². The fourth-order valence-electron chi connectivity index (χ4n) is 4.20. The average Bonchev–Trinajstić information content (AvgIpc) is 3.28. The summed E-state index contributed by atoms with van der Waals surface area (Å²) < 4.78 is 39.4. The molecule has 1 saturated heterocycles. The molecule has 0 saturated carbocycles. The van der Waals surface area contributed by atoms with Gasteiger partial charge in [0.2, 0.25) is 6.79 Å². The maximum Gasteiger partial charge on any atom is 0.326 e. The van der Waals surface area contributed by atoms with Crippen molar-refractivity contribution in [3.8, 4) is 11.5 Å². The van der Waals surface area contributed by atoms with E-state index in [1.807, 2.05) is 24.3 Å². The Morgan fingerprint density at radius 1 is 1.00 bits per heavy atom. The molecule has 5 rings (SSSR count). The molecule has 0 aliphatic carbocycles. The molecule has 3 aliphatic heterocycles. The van der Waals surface area contributed by atoms with Gasteiger partial charge in [-0.2, -0.15) is 8.42 Å². The second-order valence-electron chi connectivity index (χ2n) is 7.35. The van der Waals surface area contributed by atoms with Gasteiger partial charge >= 0.3 is 10.2 Å². The summed E-state index contributed by atoms with van der Waals surface area (Å²) in [4.78, 5) is 14.7. The van der Waals surface area contributed by atoms with E-state index in [4.69, 9.17) is 9.47 Å². The molecule has 1 amide bonds. The van der Waals surface area contributed by atoms with Gasteiger partial charge in [0.1, 0.15) is 0 Å². The molecule has 3 heterocycles. The predicted molar refractivity (Wildman–Crippen MR) is 108 cm³/mol. The van der Waals surface area contributed by atoms with Gasteiger partial charge < -0.3 is 14.4 Å². The molecule has 8 nitrogen and oxygen atoms in total. The highest BCUT2D eigenvalue weighted by Crippen LogP contribution is 2.42. The molecule has 2 aromatic rings. The van der Waals surface area contributed by atoms with Crippen LogP contribution in [-0.4, -0.2) is 52.2 Å². The fourth-order valence-corrected chi connectivity index (χ4v) is 5.86. The zero-order valence-corrected chi connectivity index (χ0v) is 16.8. The van der Waals surface area contributed by atoms with E-state index in [1.54, 1.807) is 30.1 Å². The maximum absolute atomic E-state index is 12.9. The lowest BCUT2D eigenvalue weighted by molar-refractivity contribution is 0.0715. The van der Waals surface area contributed by atoms with Gasteiger partial charge in [0.25, 0.3) is 5.91 Å². The van der Waals surface area contributed by atoms with E-state index in [0.29, 0.717) is 54.4 Å². The van der Waals surface area contributed by atoms with E-state index in [-0.39, 0.29) is 18.7 Å². The molecule has 2 aromatic carbocycles. The van der Waals surface area contributed by atoms with Gasteiger partial charge in [0.05, 0.1) is 17.4 Å². The minimum absolute atomic E-state index is 0.0800. The number of carbonyl (C=O) groups is 1. The molecule has 0 aromatic heterocycles. The van der Waals surface area contributed by atoms with E-state index in [0.717, 1.165) is 0 Å². The molecule has 0 unspecified atom stereocenters. The molecule has 0 bridgehead atoms. The number of nitrogens with zero attached hydrogens (tertiary/aromatic N) is 3. The minimum Gasteiger partial charge on any atom is -0.454 e. The van der Waals surface area contributed by atoms with Gasteiger partial charge in [-0.15, -0.1) is 0 Å². The predicted octanol–water partition coefficient (Wildman–Crippen LogP) is 2.22. The molecule has 1 fully saturated rings. The van der Waals surface area contributed by atoms with Crippen molar-refractivity contribution in [1.82, 2.24) is 4.90 Å². The Morgan fingerprint density at radius 2 is 1.69 bits per heavy atom. The lowest BCUT2D eigenvalue weighted by Gasteiger charge is -2.36. The van der Waals surface area contributed by atoms with Crippen molar-refractivity contribution < 1.29 is 22.7 Å². The van der Waals surface area contributed by atoms with E-state index in [2.05, 4.69) is 0 Å². The molecule has 0 radical (unpaired) electrons. The van der Waals surface area contributed by atoms with Gasteiger partial charge in [-0.1, -0.05) is 12.1 Å². The van der Waals surface area contributed by atoms with Crippen molar-refractivity contribution in [2.24, 2.45) is 0 Å². The number of carbonyl (C=O) groups excluding carboxylic acids is 1. The Kier molecular flexibility index (Phi) is 4.09. The molecule has 0 spiro atoms. The number of anilines is 2. The SMILES string of the molecule is CN1c2ccccc2N(C2CCN(C(=O)c3ccc4c(c3)OCO4)CC2)S1(=O)=O. The number of fused-ring (bicyclic) bond motifs is 2. The van der Waals surface area contributed by atoms with Gasteiger partial charge in [-0.05, 0) is 43.2 Å². The number of ether oxygens (including phenoxy) is 2. The Bertz CT molecular complexity index is 1080. The van der Waals surface area contributed by atoms with Crippen LogP contribution in [0.3, 0.4) is 0 Å². The second kappa shape index (κ2) is 6.55. The smallest absolute Gasteiger partial charge is 0.326 e. The van der Waals surface area contributed by atoms with Crippen molar-refractivity contribution in [3.63, 3.8) is 0 Å². The van der Waals surface area contributed by atoms with Crippen LogP contribution < -0.4 is 18.1 Å². The van der Waals surface area contributed by atoms with Crippen molar-refractivity contribution in [3.05, 3.63) is 48.0 Å². The van der Waals surface area contributed by atoms with E-state index in [1.165, 1.54) is 8.61 Å². The van der Waals surface area contributed by atoms with Crippen LogP contribution in [0.2, 0.25) is 0 Å². The van der Waals surface area contributed by atoms with Crippen LogP contribution in [0, 0.1) is 0 Å². The number of rotatable bonds is 2. The number of likely N-dealkylation sites (tertiary alicyclic amines) is 1. The van der Waals surface area contributed by atoms with Crippen LogP contribution in [0.4, 0.5) is 11.4 Å². The van der Waals surface area contributed by atoms with Crippen LogP contribution in [0.1, 0.15) is 23.2 Å². The molecular formula is C20H21N3O5S. The highest BCUT2D eigenvalue weighted by atomic mass is 32.2. The van der Waals surface area contributed by atoms with Crippen LogP contribution in [0.5, 0.6) is 11.5 Å². The molecule has 9 heteroatoms. The normalized spacial score (nSPS) is 20.1. The number of para-hydroxylation sites is 2. The molecule has 29 heavy (non-hydrogen) atoms. The number of hydrogen-bond donors (Lipinski definition) is 0. The number of benzene rings is 2. The van der Waals surface area contributed by atoms with Crippen molar-refractivity contribution in [1.29, 1.82) is 0 Å². The van der Waals surface area contributed by atoms with Gasteiger partial charge in [0.15, 0.2) is 11.5 Å². The first-order valence-electron chi connectivity index (χ1n) is 9.53. The molecular weight excluding hydrogens is 394 g/mol. The lowest BCUT2D eigenvalue weighted by Crippen LogP contribution is -2.49. The zero-order valence-electron chi connectivity index (χ0n) is 15.9. The van der Waals surface area contributed by atoms with Crippen molar-refractivity contribution >= 4 is 27.5 Å². The summed E-state index contributed by atoms with van der Waals surface area (Å²) in [7, 11) is -2.01. The average molecular weight is 415 g/mol. The number of piperidine rings is 1. The largest absolute Gasteiger partial charge is 0.454 e. The highest BCUT2D eigenvalue weighted by Gasteiger charge is 2.43. The molecule has 0 atom stereocenters. The summed E-state index contributed by atoms with van der Waals surface area (Å²) in [5, 5.41) is 0. The van der Waals surface area contributed by atoms with Crippen molar-refractivity contribution in [2.45, 2.75) is 18.9 Å². The summed E-state index contributed by atoms with van der Waals surface area (Å²) in [5.41, 5.74) is 1.94. The Balaban J connectivity index is 1.32. The molecule has 0 N–H and O–H groups in total. The monoisotopic (exact) mass is 415 g/mol. The minimum atomic E-state index is -3.59. The van der Waals surface area contributed by atoms with Gasteiger partial charge in [0, 0.05) is 25.7 Å². The summed E-state index contributed by atoms with van der Waals surface area (Å²) in [5.74, 6) is 1.14. The number of hydrogen-bond acceptors (Lipinski definition) is 5. The Labute approximate surface area is 169 Å². The van der Waals surface area contributed by atoms with Gasteiger partial charge in [-0.3, -0.25) is 9.10 Å².